The van der Waals surface area contributed by atoms with Gasteiger partial charge in [0.15, 0.2) is 5.83 Å². The Morgan fingerprint density at radius 1 is 1.12 bits per heavy atom. The third-order valence-electron chi connectivity index (χ3n) is 6.72. The number of carbonyl (C=O) groups is 2. The molecule has 41 heavy (non-hydrogen) atoms. The first-order valence-corrected chi connectivity index (χ1v) is 13.1. The molecule has 0 fully saturated rings. The highest BCUT2D eigenvalue weighted by molar-refractivity contribution is 6.05. The molecule has 2 amide bonds. The number of hydrogen-bond donors (Lipinski definition) is 2. The summed E-state index contributed by atoms with van der Waals surface area (Å²) in [6, 6.07) is 8.41. The van der Waals surface area contributed by atoms with Crippen molar-refractivity contribution in [1.29, 1.82) is 5.26 Å². The zero-order chi connectivity index (χ0) is 29.5. The minimum Gasteiger partial charge on any atom is -0.492 e. The summed E-state index contributed by atoms with van der Waals surface area (Å²) in [5.41, 5.74) is 0.411. The van der Waals surface area contributed by atoms with Crippen LogP contribution in [-0.2, 0) is 4.79 Å². The Hall–Kier alpha value is -4.69. The predicted molar refractivity (Wildman–Crippen MR) is 148 cm³/mol. The fourth-order valence-electron chi connectivity index (χ4n) is 4.51. The molecule has 1 aliphatic rings. The summed E-state index contributed by atoms with van der Waals surface area (Å²) in [5.74, 6) is -4.63. The van der Waals surface area contributed by atoms with Gasteiger partial charge in [0.05, 0.1) is 35.0 Å². The lowest BCUT2D eigenvalue weighted by Crippen LogP contribution is -2.31. The van der Waals surface area contributed by atoms with E-state index >= 15 is 4.39 Å². The van der Waals surface area contributed by atoms with Crippen molar-refractivity contribution < 1.29 is 27.5 Å². The minimum absolute atomic E-state index is 0.255. The van der Waals surface area contributed by atoms with E-state index in [4.69, 9.17) is 4.74 Å². The highest BCUT2D eigenvalue weighted by Crippen LogP contribution is 2.35. The fourth-order valence-corrected chi connectivity index (χ4v) is 4.51. The maximum atomic E-state index is 15.1. The van der Waals surface area contributed by atoms with Crippen LogP contribution >= 0.6 is 0 Å². The second-order valence-corrected chi connectivity index (χ2v) is 9.24. The van der Waals surface area contributed by atoms with Gasteiger partial charge in [-0.3, -0.25) is 9.78 Å². The third kappa shape index (κ3) is 6.73. The second kappa shape index (κ2) is 13.1. The number of nitrogens with one attached hydrogen (secondary N) is 2. The normalized spacial score (nSPS) is 14.9. The Morgan fingerprint density at radius 3 is 2.61 bits per heavy atom. The van der Waals surface area contributed by atoms with Gasteiger partial charge >= 0.3 is 6.03 Å². The van der Waals surface area contributed by atoms with Gasteiger partial charge in [-0.2, -0.15) is 5.26 Å². The molecular formula is C30H28F3N5O3. The molecule has 0 bridgehead atoms. The number of ether oxygens (including phenoxy) is 1. The topological polar surface area (TPSA) is 107 Å². The Kier molecular flexibility index (Phi) is 9.37. The molecule has 0 aliphatic heterocycles. The molecule has 4 rings (SSSR count). The van der Waals surface area contributed by atoms with Gasteiger partial charge in [0.1, 0.15) is 23.5 Å². The SMILES string of the molecule is CCN(CC)CCCOc1cc2nccc(C3C=CC(NC(=O)Nc4ccc(F)cc4F)=C(F)C3=O)c2cc1C#N. The van der Waals surface area contributed by atoms with Crippen molar-refractivity contribution >= 4 is 28.4 Å². The number of halogens is 3. The van der Waals surface area contributed by atoms with Crippen LogP contribution < -0.4 is 15.4 Å². The van der Waals surface area contributed by atoms with Gasteiger partial charge in [0, 0.05) is 30.3 Å². The smallest absolute Gasteiger partial charge is 0.323 e. The number of ketones is 1. The summed E-state index contributed by atoms with van der Waals surface area (Å²) in [6.45, 7) is 7.33. The molecule has 1 unspecified atom stereocenters. The standard InChI is InChI=1S/C30H28F3N5O3/c1-3-38(4-2)12-5-13-41-27-16-26-22(14-18(27)17-34)20(10-11-35-26)21-7-9-25(28(33)29(21)39)37-30(40)36-24-8-6-19(31)15-23(24)32/h6-11,14-16,21H,3-5,12-13H2,1-2H3,(H2,36,37,40). The average molecular weight is 564 g/mol. The number of rotatable bonds is 10. The summed E-state index contributed by atoms with van der Waals surface area (Å²) in [6.07, 6.45) is 4.90. The monoisotopic (exact) mass is 563 g/mol. The Morgan fingerprint density at radius 2 is 1.90 bits per heavy atom. The number of carbonyl (C=O) groups excluding carboxylic acids is 2. The number of pyridine rings is 1. The van der Waals surface area contributed by atoms with Crippen molar-refractivity contribution in [3.05, 3.63) is 89.0 Å². The Labute approximate surface area is 235 Å². The second-order valence-electron chi connectivity index (χ2n) is 9.24. The van der Waals surface area contributed by atoms with Crippen LogP contribution in [0.15, 0.2) is 66.3 Å². The predicted octanol–water partition coefficient (Wildman–Crippen LogP) is 5.72. The molecular weight excluding hydrogens is 535 g/mol. The summed E-state index contributed by atoms with van der Waals surface area (Å²) >= 11 is 0. The summed E-state index contributed by atoms with van der Waals surface area (Å²) in [7, 11) is 0. The van der Waals surface area contributed by atoms with Crippen molar-refractivity contribution in [3.8, 4) is 11.8 Å². The van der Waals surface area contributed by atoms with Gasteiger partial charge in [-0.1, -0.05) is 19.9 Å². The largest absolute Gasteiger partial charge is 0.492 e. The number of amides is 2. The maximum absolute atomic E-state index is 15.1. The molecule has 1 atom stereocenters. The summed E-state index contributed by atoms with van der Waals surface area (Å²) in [5, 5.41) is 14.6. The van der Waals surface area contributed by atoms with Crippen molar-refractivity contribution in [2.45, 2.75) is 26.2 Å². The van der Waals surface area contributed by atoms with E-state index in [2.05, 4.69) is 40.4 Å². The molecule has 0 spiro atoms. The lowest BCUT2D eigenvalue weighted by atomic mass is 9.87. The zero-order valence-corrected chi connectivity index (χ0v) is 22.5. The molecule has 212 valence electrons. The van der Waals surface area contributed by atoms with E-state index in [9.17, 15) is 23.6 Å². The highest BCUT2D eigenvalue weighted by atomic mass is 19.1. The van der Waals surface area contributed by atoms with Gasteiger partial charge in [0.2, 0.25) is 5.78 Å². The van der Waals surface area contributed by atoms with E-state index in [1.54, 1.807) is 18.2 Å². The van der Waals surface area contributed by atoms with Gasteiger partial charge in [-0.05, 0) is 55.4 Å². The number of nitriles is 1. The number of benzene rings is 2. The molecule has 3 aromatic rings. The van der Waals surface area contributed by atoms with E-state index in [0.717, 1.165) is 38.2 Å². The quantitative estimate of drug-likeness (QED) is 0.306. The first kappa shape index (κ1) is 29.3. The van der Waals surface area contributed by atoms with E-state index in [1.165, 1.54) is 18.3 Å². The molecule has 11 heteroatoms. The first-order chi connectivity index (χ1) is 19.7. The molecule has 0 saturated carbocycles. The van der Waals surface area contributed by atoms with Crippen LogP contribution in [0.2, 0.25) is 0 Å². The van der Waals surface area contributed by atoms with Gasteiger partial charge in [-0.15, -0.1) is 0 Å². The molecule has 0 radical (unpaired) electrons. The fraction of sp³-hybridized carbons (Fsp3) is 0.267. The van der Waals surface area contributed by atoms with Crippen molar-refractivity contribution in [3.63, 3.8) is 0 Å². The van der Waals surface area contributed by atoms with E-state index in [0.29, 0.717) is 34.9 Å². The Balaban J connectivity index is 1.51. The van der Waals surface area contributed by atoms with Crippen LogP contribution in [0.25, 0.3) is 10.9 Å². The van der Waals surface area contributed by atoms with Crippen molar-refractivity contribution in [2.75, 3.05) is 31.6 Å². The molecule has 8 nitrogen and oxygen atoms in total. The molecule has 0 saturated heterocycles. The van der Waals surface area contributed by atoms with Gasteiger partial charge < -0.3 is 20.3 Å². The van der Waals surface area contributed by atoms with Crippen LogP contribution in [0.5, 0.6) is 5.75 Å². The van der Waals surface area contributed by atoms with Crippen molar-refractivity contribution in [1.82, 2.24) is 15.2 Å². The minimum atomic E-state index is -1.20. The number of urea groups is 1. The molecule has 2 aromatic carbocycles. The molecule has 2 N–H and O–H groups in total. The maximum Gasteiger partial charge on any atom is 0.323 e. The number of allylic oxidation sites excluding steroid dienone is 3. The zero-order valence-electron chi connectivity index (χ0n) is 22.5. The number of fused-ring (bicyclic) bond motifs is 1. The van der Waals surface area contributed by atoms with Gasteiger partial charge in [-0.25, -0.2) is 18.0 Å². The number of aromatic nitrogens is 1. The first-order valence-electron chi connectivity index (χ1n) is 13.1. The van der Waals surface area contributed by atoms with E-state index in [-0.39, 0.29) is 11.3 Å². The third-order valence-corrected chi connectivity index (χ3v) is 6.72. The van der Waals surface area contributed by atoms with Crippen LogP contribution in [0.4, 0.5) is 23.7 Å². The Bertz CT molecular complexity index is 1580. The van der Waals surface area contributed by atoms with Gasteiger partial charge in [0.25, 0.3) is 0 Å². The highest BCUT2D eigenvalue weighted by Gasteiger charge is 2.30. The summed E-state index contributed by atoms with van der Waals surface area (Å²) in [4.78, 5) is 31.9. The van der Waals surface area contributed by atoms with Crippen LogP contribution in [-0.4, -0.2) is 47.9 Å². The molecule has 1 aliphatic carbocycles. The lowest BCUT2D eigenvalue weighted by molar-refractivity contribution is -0.117. The average Bonchev–Trinajstić information content (AvgIpc) is 2.96. The van der Waals surface area contributed by atoms with Crippen LogP contribution in [0.3, 0.4) is 0 Å². The summed E-state index contributed by atoms with van der Waals surface area (Å²) < 4.78 is 47.9. The number of nitrogens with zero attached hydrogens (tertiary/aromatic N) is 3. The van der Waals surface area contributed by atoms with Crippen LogP contribution in [0, 0.1) is 23.0 Å². The number of anilines is 1. The number of Topliss-reactive ketones (excluding diaryl/α,β-unsaturated/α-hetero) is 1. The van der Waals surface area contributed by atoms with E-state index in [1.807, 2.05) is 0 Å². The van der Waals surface area contributed by atoms with Crippen LogP contribution in [0.1, 0.15) is 37.3 Å². The van der Waals surface area contributed by atoms with Crippen molar-refractivity contribution in [2.24, 2.45) is 0 Å². The molecule has 1 aromatic heterocycles. The van der Waals surface area contributed by atoms with E-state index < -0.39 is 40.9 Å². The molecule has 1 heterocycles. The number of hydrogen-bond acceptors (Lipinski definition) is 6. The lowest BCUT2D eigenvalue weighted by Gasteiger charge is -2.20.